The predicted molar refractivity (Wildman–Crippen MR) is 113 cm³/mol. The normalized spacial score (nSPS) is 10.1. The zero-order chi connectivity index (χ0) is 16.5. The summed E-state index contributed by atoms with van der Waals surface area (Å²) in [6, 6.07) is 15.4. The molecule has 0 atom stereocenters. The summed E-state index contributed by atoms with van der Waals surface area (Å²) in [5, 5.41) is 6.09. The molecule has 0 amide bonds. The van der Waals surface area contributed by atoms with Crippen LogP contribution in [0, 0.1) is 0 Å². The van der Waals surface area contributed by atoms with E-state index in [9.17, 15) is 0 Å². The smallest absolute Gasteiger partial charge is 0.119 e. The van der Waals surface area contributed by atoms with Crippen LogP contribution in [0.5, 0.6) is 5.75 Å². The number of hydrogen-bond donors (Lipinski definition) is 1. The molecule has 7 heteroatoms. The van der Waals surface area contributed by atoms with E-state index in [0.29, 0.717) is 5.02 Å². The van der Waals surface area contributed by atoms with Crippen LogP contribution < -0.4 is 10.1 Å². The molecule has 2 aromatic carbocycles. The molecule has 0 aliphatic heterocycles. The maximum atomic E-state index is 6.14. The standard InChI is InChI=1S/C19H14ClN3O.2ClH/c1-24-14-5-7-17-16(10-14)19(22-13-3-2-8-21-11-13)15-6-4-12(20)9-18(15)23-17;;/h2-11H,1H3,(H,22,23);2*1H. The third kappa shape index (κ3) is 3.78. The molecule has 0 spiro atoms. The highest BCUT2D eigenvalue weighted by atomic mass is 35.5. The van der Waals surface area contributed by atoms with Crippen molar-refractivity contribution in [2.75, 3.05) is 12.4 Å². The van der Waals surface area contributed by atoms with E-state index in [1.807, 2.05) is 48.5 Å². The van der Waals surface area contributed by atoms with Crippen molar-refractivity contribution in [1.82, 2.24) is 9.97 Å². The third-order valence-electron chi connectivity index (χ3n) is 3.87. The summed E-state index contributed by atoms with van der Waals surface area (Å²) in [5.41, 5.74) is 3.58. The van der Waals surface area contributed by atoms with Crippen LogP contribution in [0.2, 0.25) is 5.02 Å². The highest BCUT2D eigenvalue weighted by molar-refractivity contribution is 6.31. The van der Waals surface area contributed by atoms with Crippen LogP contribution >= 0.6 is 36.4 Å². The van der Waals surface area contributed by atoms with Crippen molar-refractivity contribution in [2.24, 2.45) is 0 Å². The number of nitrogens with zero attached hydrogens (tertiary/aromatic N) is 2. The minimum absolute atomic E-state index is 0. The highest BCUT2D eigenvalue weighted by Crippen LogP contribution is 2.35. The van der Waals surface area contributed by atoms with Gasteiger partial charge in [-0.15, -0.1) is 24.8 Å². The molecule has 26 heavy (non-hydrogen) atoms. The first-order valence-electron chi connectivity index (χ1n) is 7.49. The lowest BCUT2D eigenvalue weighted by Crippen LogP contribution is -1.96. The molecule has 4 aromatic rings. The number of methoxy groups -OCH3 is 1. The van der Waals surface area contributed by atoms with Crippen LogP contribution in [0.1, 0.15) is 0 Å². The molecule has 0 bridgehead atoms. The van der Waals surface area contributed by atoms with Crippen LogP contribution in [-0.4, -0.2) is 17.1 Å². The van der Waals surface area contributed by atoms with Crippen molar-refractivity contribution >= 4 is 69.6 Å². The van der Waals surface area contributed by atoms with E-state index in [-0.39, 0.29) is 24.8 Å². The van der Waals surface area contributed by atoms with Gasteiger partial charge in [0.1, 0.15) is 5.75 Å². The molecule has 0 saturated carbocycles. The van der Waals surface area contributed by atoms with Gasteiger partial charge in [0.15, 0.2) is 0 Å². The van der Waals surface area contributed by atoms with Crippen LogP contribution in [-0.2, 0) is 0 Å². The van der Waals surface area contributed by atoms with Crippen molar-refractivity contribution in [3.05, 3.63) is 65.9 Å². The molecule has 4 rings (SSSR count). The molecule has 0 fully saturated rings. The molecule has 2 aromatic heterocycles. The second-order valence-electron chi connectivity index (χ2n) is 5.40. The fraction of sp³-hybridized carbons (Fsp3) is 0.0526. The number of benzene rings is 2. The number of anilines is 2. The van der Waals surface area contributed by atoms with Crippen molar-refractivity contribution < 1.29 is 4.74 Å². The molecule has 1 N–H and O–H groups in total. The Balaban J connectivity index is 0.00000121. The molecular weight excluding hydrogens is 393 g/mol. The Hall–Kier alpha value is -2.27. The van der Waals surface area contributed by atoms with E-state index in [4.69, 9.17) is 21.3 Å². The fourth-order valence-electron chi connectivity index (χ4n) is 2.74. The van der Waals surface area contributed by atoms with Crippen LogP contribution in [0.4, 0.5) is 11.4 Å². The number of fused-ring (bicyclic) bond motifs is 2. The summed E-state index contributed by atoms with van der Waals surface area (Å²) in [6.07, 6.45) is 3.53. The lowest BCUT2D eigenvalue weighted by molar-refractivity contribution is 0.415. The monoisotopic (exact) mass is 407 g/mol. The Morgan fingerprint density at radius 2 is 1.81 bits per heavy atom. The average molecular weight is 409 g/mol. The van der Waals surface area contributed by atoms with E-state index in [0.717, 1.165) is 38.9 Å². The van der Waals surface area contributed by atoms with E-state index < -0.39 is 0 Å². The van der Waals surface area contributed by atoms with E-state index >= 15 is 0 Å². The van der Waals surface area contributed by atoms with Gasteiger partial charge in [-0.05, 0) is 48.5 Å². The van der Waals surface area contributed by atoms with Crippen molar-refractivity contribution in [3.63, 3.8) is 0 Å². The second kappa shape index (κ2) is 8.41. The quantitative estimate of drug-likeness (QED) is 0.420. The van der Waals surface area contributed by atoms with Gasteiger partial charge < -0.3 is 10.1 Å². The maximum Gasteiger partial charge on any atom is 0.119 e. The number of aromatic nitrogens is 2. The van der Waals surface area contributed by atoms with Gasteiger partial charge in [0.25, 0.3) is 0 Å². The van der Waals surface area contributed by atoms with E-state index in [2.05, 4.69) is 10.3 Å². The lowest BCUT2D eigenvalue weighted by atomic mass is 10.1. The molecule has 0 radical (unpaired) electrons. The first kappa shape index (κ1) is 20.0. The average Bonchev–Trinajstić information content (AvgIpc) is 2.62. The third-order valence-corrected chi connectivity index (χ3v) is 4.11. The van der Waals surface area contributed by atoms with Crippen LogP contribution in [0.25, 0.3) is 21.8 Å². The maximum absolute atomic E-state index is 6.14. The van der Waals surface area contributed by atoms with Gasteiger partial charge >= 0.3 is 0 Å². The first-order valence-corrected chi connectivity index (χ1v) is 7.86. The first-order chi connectivity index (χ1) is 11.7. The van der Waals surface area contributed by atoms with E-state index in [1.54, 1.807) is 19.5 Å². The van der Waals surface area contributed by atoms with Gasteiger partial charge in [0.05, 0.1) is 35.7 Å². The summed E-state index contributed by atoms with van der Waals surface area (Å²) in [6.45, 7) is 0. The Morgan fingerprint density at radius 1 is 0.962 bits per heavy atom. The molecule has 0 saturated heterocycles. The van der Waals surface area contributed by atoms with Gasteiger partial charge in [0, 0.05) is 22.0 Å². The van der Waals surface area contributed by atoms with Gasteiger partial charge in [-0.1, -0.05) is 11.6 Å². The zero-order valence-corrected chi connectivity index (χ0v) is 16.2. The molecule has 2 heterocycles. The second-order valence-corrected chi connectivity index (χ2v) is 5.83. The van der Waals surface area contributed by atoms with E-state index in [1.165, 1.54) is 0 Å². The van der Waals surface area contributed by atoms with Crippen molar-refractivity contribution in [1.29, 1.82) is 0 Å². The number of halogens is 3. The SMILES string of the molecule is COc1ccc2nc3cc(Cl)ccc3c(Nc3cccnc3)c2c1.Cl.Cl. The Labute approximate surface area is 168 Å². The molecular formula is C19H16Cl3N3O. The zero-order valence-electron chi connectivity index (χ0n) is 13.8. The van der Waals surface area contributed by atoms with Gasteiger partial charge in [-0.3, -0.25) is 4.98 Å². The van der Waals surface area contributed by atoms with Gasteiger partial charge in [-0.2, -0.15) is 0 Å². The minimum Gasteiger partial charge on any atom is -0.497 e. The molecule has 4 nitrogen and oxygen atoms in total. The number of rotatable bonds is 3. The van der Waals surface area contributed by atoms with Gasteiger partial charge in [0.2, 0.25) is 0 Å². The Bertz CT molecular complexity index is 1040. The fourth-order valence-corrected chi connectivity index (χ4v) is 2.91. The summed E-state index contributed by atoms with van der Waals surface area (Å²) in [5.74, 6) is 0.784. The topological polar surface area (TPSA) is 47.0 Å². The molecule has 0 unspecified atom stereocenters. The van der Waals surface area contributed by atoms with Gasteiger partial charge in [-0.25, -0.2) is 4.98 Å². The Kier molecular flexibility index (Phi) is 6.48. The minimum atomic E-state index is 0. The molecule has 0 aliphatic rings. The van der Waals surface area contributed by atoms with Crippen LogP contribution in [0.3, 0.4) is 0 Å². The number of hydrogen-bond acceptors (Lipinski definition) is 4. The number of ether oxygens (including phenoxy) is 1. The number of pyridine rings is 2. The molecule has 134 valence electrons. The molecule has 0 aliphatic carbocycles. The number of nitrogens with one attached hydrogen (secondary N) is 1. The largest absolute Gasteiger partial charge is 0.497 e. The lowest BCUT2D eigenvalue weighted by Gasteiger charge is -2.14. The summed E-state index contributed by atoms with van der Waals surface area (Å²) >= 11 is 6.14. The highest BCUT2D eigenvalue weighted by Gasteiger charge is 2.11. The summed E-state index contributed by atoms with van der Waals surface area (Å²) in [4.78, 5) is 8.89. The summed E-state index contributed by atoms with van der Waals surface area (Å²) in [7, 11) is 1.66. The van der Waals surface area contributed by atoms with Crippen molar-refractivity contribution in [2.45, 2.75) is 0 Å². The summed E-state index contributed by atoms with van der Waals surface area (Å²) < 4.78 is 5.37. The van der Waals surface area contributed by atoms with Crippen molar-refractivity contribution in [3.8, 4) is 5.75 Å². The Morgan fingerprint density at radius 3 is 2.54 bits per heavy atom. The predicted octanol–water partition coefficient (Wildman–Crippen LogP) is 6.03. The van der Waals surface area contributed by atoms with Crippen LogP contribution in [0.15, 0.2) is 60.9 Å².